The number of aromatic hydroxyl groups is 1. The number of hydrogen-bond donors (Lipinski definition) is 2. The molecule has 0 spiro atoms. The quantitative estimate of drug-likeness (QED) is 0.712. The van der Waals surface area contributed by atoms with Crippen LogP contribution < -0.4 is 5.56 Å². The fourth-order valence-electron chi connectivity index (χ4n) is 1.01. The first-order valence-electron chi connectivity index (χ1n) is 4.02. The van der Waals surface area contributed by atoms with Gasteiger partial charge < -0.3 is 10.1 Å². The minimum Gasteiger partial charge on any atom is -0.493 e. The zero-order valence-corrected chi connectivity index (χ0v) is 8.22. The van der Waals surface area contributed by atoms with Crippen molar-refractivity contribution in [2.24, 2.45) is 0 Å². The fourth-order valence-corrected chi connectivity index (χ4v) is 1.11. The highest BCUT2D eigenvalue weighted by molar-refractivity contribution is 6.20. The van der Waals surface area contributed by atoms with Gasteiger partial charge in [-0.15, -0.1) is 11.6 Å². The molecule has 1 aromatic rings. The van der Waals surface area contributed by atoms with Crippen molar-refractivity contribution in [2.45, 2.75) is 25.6 Å². The van der Waals surface area contributed by atoms with Crippen molar-refractivity contribution in [3.05, 3.63) is 21.7 Å². The summed E-state index contributed by atoms with van der Waals surface area (Å²) in [5.74, 6) is 0.0649. The van der Waals surface area contributed by atoms with E-state index in [0.29, 0.717) is 17.8 Å². The van der Waals surface area contributed by atoms with Gasteiger partial charge in [0.25, 0.3) is 5.56 Å². The average Bonchev–Trinajstić information content (AvgIpc) is 2.03. The van der Waals surface area contributed by atoms with Gasteiger partial charge in [0, 0.05) is 0 Å². The molecule has 5 heteroatoms. The molecule has 4 nitrogen and oxygen atoms in total. The maximum absolute atomic E-state index is 11.3. The van der Waals surface area contributed by atoms with E-state index in [2.05, 4.69) is 9.97 Å². The van der Waals surface area contributed by atoms with Gasteiger partial charge in [-0.2, -0.15) is 4.98 Å². The number of aromatic nitrogens is 2. The summed E-state index contributed by atoms with van der Waals surface area (Å²) in [5.41, 5.74) is -0.0291. The van der Waals surface area contributed by atoms with E-state index in [-0.39, 0.29) is 11.4 Å². The maximum Gasteiger partial charge on any atom is 0.257 e. The van der Waals surface area contributed by atoms with Gasteiger partial charge in [-0.25, -0.2) is 0 Å². The highest BCUT2D eigenvalue weighted by Gasteiger charge is 2.11. The van der Waals surface area contributed by atoms with Crippen LogP contribution in [0.4, 0.5) is 0 Å². The molecule has 0 aliphatic rings. The summed E-state index contributed by atoms with van der Waals surface area (Å²) in [7, 11) is 0. The van der Waals surface area contributed by atoms with Crippen LogP contribution in [0.5, 0.6) is 5.88 Å². The predicted octanol–water partition coefficient (Wildman–Crippen LogP) is 1.34. The van der Waals surface area contributed by atoms with Crippen LogP contribution in [0.25, 0.3) is 0 Å². The molecule has 0 bridgehead atoms. The Morgan fingerprint density at radius 1 is 1.69 bits per heavy atom. The number of halogens is 1. The monoisotopic (exact) mass is 202 g/mol. The van der Waals surface area contributed by atoms with E-state index in [1.165, 1.54) is 0 Å². The van der Waals surface area contributed by atoms with Gasteiger partial charge >= 0.3 is 0 Å². The van der Waals surface area contributed by atoms with E-state index < -0.39 is 5.38 Å². The molecule has 1 heterocycles. The molecule has 2 N–H and O–H groups in total. The summed E-state index contributed by atoms with van der Waals surface area (Å²) in [6.45, 7) is 3.45. The number of alkyl halides is 1. The fraction of sp³-hybridized carbons (Fsp3) is 0.500. The Morgan fingerprint density at radius 2 is 2.31 bits per heavy atom. The molecule has 0 saturated heterocycles. The number of aromatic amines is 1. The summed E-state index contributed by atoms with van der Waals surface area (Å²) >= 11 is 5.70. The standard InChI is InChI=1S/C8H11ClN2O2/c1-3-5-7(12)10-6(4(2)9)11-8(5)13/h4H,3H2,1-2H3,(H2,10,11,12,13). The largest absolute Gasteiger partial charge is 0.493 e. The van der Waals surface area contributed by atoms with Gasteiger partial charge in [0.15, 0.2) is 0 Å². The van der Waals surface area contributed by atoms with Crippen molar-refractivity contribution in [1.82, 2.24) is 9.97 Å². The molecule has 0 radical (unpaired) electrons. The third-order valence-corrected chi connectivity index (χ3v) is 1.95. The average molecular weight is 203 g/mol. The first-order chi connectivity index (χ1) is 6.06. The molecule has 0 aromatic carbocycles. The second-order valence-corrected chi connectivity index (χ2v) is 3.38. The first-order valence-corrected chi connectivity index (χ1v) is 4.46. The van der Waals surface area contributed by atoms with Crippen LogP contribution in [0.15, 0.2) is 4.79 Å². The Labute approximate surface area is 80.6 Å². The van der Waals surface area contributed by atoms with Crippen molar-refractivity contribution in [3.63, 3.8) is 0 Å². The van der Waals surface area contributed by atoms with Crippen LogP contribution in [0.1, 0.15) is 30.6 Å². The van der Waals surface area contributed by atoms with E-state index >= 15 is 0 Å². The molecular formula is C8H11ClN2O2. The molecule has 1 unspecified atom stereocenters. The first kappa shape index (κ1) is 10.1. The second-order valence-electron chi connectivity index (χ2n) is 2.72. The molecule has 0 aliphatic carbocycles. The van der Waals surface area contributed by atoms with E-state index in [9.17, 15) is 9.90 Å². The second kappa shape index (κ2) is 3.79. The summed E-state index contributed by atoms with van der Waals surface area (Å²) in [6.07, 6.45) is 0.450. The lowest BCUT2D eigenvalue weighted by atomic mass is 10.2. The smallest absolute Gasteiger partial charge is 0.257 e. The van der Waals surface area contributed by atoms with Crippen molar-refractivity contribution in [3.8, 4) is 5.88 Å². The Bertz CT molecular complexity index is 360. The van der Waals surface area contributed by atoms with Crippen LogP contribution in [0, 0.1) is 0 Å². The van der Waals surface area contributed by atoms with Crippen LogP contribution in [0.3, 0.4) is 0 Å². The SMILES string of the molecule is CCc1c(O)nc(C(C)Cl)[nH]c1=O. The van der Waals surface area contributed by atoms with Crippen molar-refractivity contribution < 1.29 is 5.11 Å². The Balaban J connectivity index is 3.29. The lowest BCUT2D eigenvalue weighted by Crippen LogP contribution is -2.16. The molecule has 0 aliphatic heterocycles. The molecular weight excluding hydrogens is 192 g/mol. The Morgan fingerprint density at radius 3 is 2.69 bits per heavy atom. The zero-order valence-electron chi connectivity index (χ0n) is 7.47. The third kappa shape index (κ3) is 2.01. The van der Waals surface area contributed by atoms with E-state index in [1.54, 1.807) is 13.8 Å². The molecule has 0 amide bonds. The molecule has 72 valence electrons. The summed E-state index contributed by atoms with van der Waals surface area (Å²) in [6, 6.07) is 0. The number of nitrogens with zero attached hydrogens (tertiary/aromatic N) is 1. The molecule has 1 aromatic heterocycles. The topological polar surface area (TPSA) is 66.0 Å². The molecule has 0 saturated carbocycles. The highest BCUT2D eigenvalue weighted by Crippen LogP contribution is 2.17. The van der Waals surface area contributed by atoms with Gasteiger partial charge in [-0.05, 0) is 13.3 Å². The lowest BCUT2D eigenvalue weighted by Gasteiger charge is -2.04. The highest BCUT2D eigenvalue weighted by atomic mass is 35.5. The molecule has 1 atom stereocenters. The van der Waals surface area contributed by atoms with Crippen LogP contribution in [0.2, 0.25) is 0 Å². The molecule has 0 fully saturated rings. The summed E-state index contributed by atoms with van der Waals surface area (Å²) in [5, 5.41) is 8.92. The van der Waals surface area contributed by atoms with Gasteiger partial charge in [-0.1, -0.05) is 6.92 Å². The van der Waals surface area contributed by atoms with Crippen molar-refractivity contribution in [1.29, 1.82) is 0 Å². The van der Waals surface area contributed by atoms with Crippen LogP contribution >= 0.6 is 11.6 Å². The van der Waals surface area contributed by atoms with Crippen molar-refractivity contribution in [2.75, 3.05) is 0 Å². The number of nitrogens with one attached hydrogen (secondary N) is 1. The third-order valence-electron chi connectivity index (χ3n) is 1.74. The summed E-state index contributed by atoms with van der Waals surface area (Å²) < 4.78 is 0. The minimum absolute atomic E-state index is 0.228. The lowest BCUT2D eigenvalue weighted by molar-refractivity contribution is 0.440. The minimum atomic E-state index is -0.412. The number of rotatable bonds is 2. The molecule has 1 rings (SSSR count). The van der Waals surface area contributed by atoms with Crippen LogP contribution in [-0.4, -0.2) is 15.1 Å². The van der Waals surface area contributed by atoms with Gasteiger partial charge in [0.05, 0.1) is 10.9 Å². The molecule has 13 heavy (non-hydrogen) atoms. The van der Waals surface area contributed by atoms with E-state index in [4.69, 9.17) is 11.6 Å². The normalized spacial score (nSPS) is 12.8. The zero-order chi connectivity index (χ0) is 10.0. The van der Waals surface area contributed by atoms with Crippen LogP contribution in [-0.2, 0) is 6.42 Å². The maximum atomic E-state index is 11.3. The number of H-pyrrole nitrogens is 1. The Hall–Kier alpha value is -1.03. The van der Waals surface area contributed by atoms with E-state index in [0.717, 1.165) is 0 Å². The van der Waals surface area contributed by atoms with Crippen molar-refractivity contribution >= 4 is 11.6 Å². The van der Waals surface area contributed by atoms with E-state index in [1.807, 2.05) is 0 Å². The van der Waals surface area contributed by atoms with Gasteiger partial charge in [-0.3, -0.25) is 4.79 Å². The number of hydrogen-bond acceptors (Lipinski definition) is 3. The summed E-state index contributed by atoms with van der Waals surface area (Å²) in [4.78, 5) is 17.6. The predicted molar refractivity (Wildman–Crippen MR) is 50.2 cm³/mol. The van der Waals surface area contributed by atoms with Gasteiger partial charge in [0.2, 0.25) is 5.88 Å². The Kier molecular flexibility index (Phi) is 2.93. The van der Waals surface area contributed by atoms with Gasteiger partial charge in [0.1, 0.15) is 5.82 Å².